The minimum absolute atomic E-state index is 0.123. The Bertz CT molecular complexity index is 727. The topological polar surface area (TPSA) is 148 Å². The maximum Gasteiger partial charge on any atom is 0.408 e. The van der Waals surface area contributed by atoms with E-state index >= 15 is 0 Å². The third kappa shape index (κ3) is 7.48. The summed E-state index contributed by atoms with van der Waals surface area (Å²) in [7, 11) is 1.27. The van der Waals surface area contributed by atoms with Crippen LogP contribution in [0.2, 0.25) is 0 Å². The number of oxime groups is 1. The van der Waals surface area contributed by atoms with Gasteiger partial charge in [0.2, 0.25) is 5.71 Å². The summed E-state index contributed by atoms with van der Waals surface area (Å²) < 4.78 is 9.92. The molecule has 1 heterocycles. The van der Waals surface area contributed by atoms with Crippen LogP contribution in [0, 0.1) is 0 Å². The van der Waals surface area contributed by atoms with E-state index in [4.69, 9.17) is 9.47 Å². The molecule has 0 aliphatic heterocycles. The first-order valence-electron chi connectivity index (χ1n) is 8.26. The van der Waals surface area contributed by atoms with Crippen molar-refractivity contribution in [2.24, 2.45) is 5.16 Å². The number of rotatable bonds is 8. The molecule has 0 saturated carbocycles. The van der Waals surface area contributed by atoms with E-state index < -0.39 is 36.2 Å². The smallest absolute Gasteiger partial charge is 0.408 e. The van der Waals surface area contributed by atoms with Crippen molar-refractivity contribution in [2.45, 2.75) is 39.3 Å². The summed E-state index contributed by atoms with van der Waals surface area (Å²) >= 11 is 1.01. The lowest BCUT2D eigenvalue weighted by atomic mass is 10.2. The van der Waals surface area contributed by atoms with Gasteiger partial charge >= 0.3 is 12.1 Å². The van der Waals surface area contributed by atoms with Crippen molar-refractivity contribution in [3.8, 4) is 0 Å². The lowest BCUT2D eigenvalue weighted by Gasteiger charge is -2.22. The highest BCUT2D eigenvalue weighted by Crippen LogP contribution is 2.17. The van der Waals surface area contributed by atoms with Gasteiger partial charge in [-0.3, -0.25) is 4.79 Å². The van der Waals surface area contributed by atoms with E-state index in [1.165, 1.54) is 12.5 Å². The molecule has 1 aromatic heterocycles. The van der Waals surface area contributed by atoms with Gasteiger partial charge in [-0.25, -0.2) is 14.6 Å². The van der Waals surface area contributed by atoms with E-state index in [2.05, 4.69) is 25.6 Å². The fraction of sp³-hybridized carbons (Fsp3) is 0.562. The van der Waals surface area contributed by atoms with Crippen LogP contribution in [0.5, 0.6) is 0 Å². The number of carbonyl (C=O) groups is 3. The minimum Gasteiger partial charge on any atom is -0.461 e. The number of nitrogens with one attached hydrogen (secondary N) is 2. The molecule has 0 aliphatic carbocycles. The second-order valence-corrected chi connectivity index (χ2v) is 7.11. The standard InChI is InChI=1S/C16H24N4O7S/c1-6-26-13(23)11(20-25-5)10-8-28-14(17-10)19-12(22)9(7-21)18-15(24)27-16(2,3)4/h8-9,21H,6-7H2,1-5H3,(H,18,24)(H,17,19,22)/t9-/m0/s1. The molecule has 0 aliphatic rings. The Hall–Kier alpha value is -2.73. The van der Waals surface area contributed by atoms with E-state index in [0.29, 0.717) is 0 Å². The zero-order valence-corrected chi connectivity index (χ0v) is 17.1. The summed E-state index contributed by atoms with van der Waals surface area (Å²) in [5, 5.41) is 19.3. The Labute approximate surface area is 166 Å². The molecule has 0 unspecified atom stereocenters. The number of aromatic nitrogens is 1. The summed E-state index contributed by atoms with van der Waals surface area (Å²) in [4.78, 5) is 44.6. The quantitative estimate of drug-likeness (QED) is 0.321. The van der Waals surface area contributed by atoms with Gasteiger partial charge in [0.1, 0.15) is 24.4 Å². The largest absolute Gasteiger partial charge is 0.461 e. The Kier molecular flexibility index (Phi) is 8.79. The second kappa shape index (κ2) is 10.6. The summed E-state index contributed by atoms with van der Waals surface area (Å²) in [5.74, 6) is -1.44. The number of hydrogen-bond donors (Lipinski definition) is 3. The van der Waals surface area contributed by atoms with Crippen molar-refractivity contribution in [3.63, 3.8) is 0 Å². The average Bonchev–Trinajstić information content (AvgIpc) is 3.04. The number of ether oxygens (including phenoxy) is 2. The molecule has 28 heavy (non-hydrogen) atoms. The Balaban J connectivity index is 2.82. The fourth-order valence-electron chi connectivity index (χ4n) is 1.76. The molecule has 0 spiro atoms. The van der Waals surface area contributed by atoms with Crippen molar-refractivity contribution in [1.29, 1.82) is 0 Å². The van der Waals surface area contributed by atoms with Gasteiger partial charge in [-0.05, 0) is 27.7 Å². The van der Waals surface area contributed by atoms with Gasteiger partial charge in [-0.15, -0.1) is 11.3 Å². The van der Waals surface area contributed by atoms with Gasteiger partial charge in [-0.2, -0.15) is 0 Å². The number of amides is 2. The third-order valence-electron chi connectivity index (χ3n) is 2.82. The van der Waals surface area contributed by atoms with E-state index in [9.17, 15) is 19.5 Å². The SMILES string of the molecule is CCOC(=O)C(=NOC)c1csc(NC(=O)[C@H](CO)NC(=O)OC(C)(C)C)n1. The molecule has 0 bridgehead atoms. The average molecular weight is 416 g/mol. The zero-order valence-electron chi connectivity index (χ0n) is 16.3. The van der Waals surface area contributed by atoms with Gasteiger partial charge < -0.3 is 30.1 Å². The van der Waals surface area contributed by atoms with Crippen LogP contribution >= 0.6 is 11.3 Å². The number of nitrogens with zero attached hydrogens (tertiary/aromatic N) is 2. The lowest BCUT2D eigenvalue weighted by molar-refractivity contribution is -0.135. The summed E-state index contributed by atoms with van der Waals surface area (Å²) in [5.41, 5.74) is -0.775. The first-order valence-corrected chi connectivity index (χ1v) is 9.14. The van der Waals surface area contributed by atoms with Crippen molar-refractivity contribution in [2.75, 3.05) is 25.6 Å². The molecule has 1 aromatic rings. The maximum atomic E-state index is 12.3. The van der Waals surface area contributed by atoms with Crippen LogP contribution in [0.4, 0.5) is 9.93 Å². The molecule has 1 atom stereocenters. The molecule has 11 nitrogen and oxygen atoms in total. The van der Waals surface area contributed by atoms with Crippen LogP contribution in [-0.2, 0) is 23.9 Å². The van der Waals surface area contributed by atoms with Crippen molar-refractivity contribution in [3.05, 3.63) is 11.1 Å². The lowest BCUT2D eigenvalue weighted by Crippen LogP contribution is -2.47. The number of thiazole rings is 1. The number of alkyl carbamates (subject to hydrolysis) is 1. The van der Waals surface area contributed by atoms with Crippen LogP contribution in [0.15, 0.2) is 10.5 Å². The number of anilines is 1. The highest BCUT2D eigenvalue weighted by atomic mass is 32.1. The van der Waals surface area contributed by atoms with Crippen LogP contribution < -0.4 is 10.6 Å². The molecule has 156 valence electrons. The van der Waals surface area contributed by atoms with Crippen molar-refractivity contribution in [1.82, 2.24) is 10.3 Å². The van der Waals surface area contributed by atoms with Crippen LogP contribution in [0.3, 0.4) is 0 Å². The summed E-state index contributed by atoms with van der Waals surface area (Å²) in [6.07, 6.45) is -0.849. The van der Waals surface area contributed by atoms with Crippen LogP contribution in [0.1, 0.15) is 33.4 Å². The minimum atomic E-state index is -1.25. The first kappa shape index (κ1) is 23.3. The molecular weight excluding hydrogens is 392 g/mol. The van der Waals surface area contributed by atoms with E-state index in [1.807, 2.05) is 0 Å². The molecule has 12 heteroatoms. The van der Waals surface area contributed by atoms with Gasteiger partial charge in [-0.1, -0.05) is 5.16 Å². The number of hydrogen-bond acceptors (Lipinski definition) is 10. The Morgan fingerprint density at radius 3 is 2.57 bits per heavy atom. The molecule has 0 fully saturated rings. The monoisotopic (exact) mass is 416 g/mol. The number of aliphatic hydroxyl groups excluding tert-OH is 1. The Morgan fingerprint density at radius 2 is 2.04 bits per heavy atom. The summed E-state index contributed by atoms with van der Waals surface area (Å²) in [6.45, 7) is 6.13. The molecule has 0 radical (unpaired) electrons. The van der Waals surface area contributed by atoms with E-state index in [-0.39, 0.29) is 23.1 Å². The first-order chi connectivity index (χ1) is 13.1. The molecular formula is C16H24N4O7S. The molecule has 1 rings (SSSR count). The summed E-state index contributed by atoms with van der Waals surface area (Å²) in [6, 6.07) is -1.25. The van der Waals surface area contributed by atoms with Gasteiger partial charge in [0, 0.05) is 5.38 Å². The zero-order chi connectivity index (χ0) is 21.3. The predicted octanol–water partition coefficient (Wildman–Crippen LogP) is 0.881. The number of aliphatic hydroxyl groups is 1. The van der Waals surface area contributed by atoms with Gasteiger partial charge in [0.25, 0.3) is 5.91 Å². The molecule has 3 N–H and O–H groups in total. The van der Waals surface area contributed by atoms with E-state index in [0.717, 1.165) is 11.3 Å². The molecule has 0 saturated heterocycles. The Morgan fingerprint density at radius 1 is 1.36 bits per heavy atom. The second-order valence-electron chi connectivity index (χ2n) is 6.25. The van der Waals surface area contributed by atoms with Crippen LogP contribution in [-0.4, -0.2) is 65.7 Å². The number of carbonyl (C=O) groups excluding carboxylic acids is 3. The normalized spacial score (nSPS) is 12.7. The molecule has 0 aromatic carbocycles. The highest BCUT2D eigenvalue weighted by Gasteiger charge is 2.25. The fourth-order valence-corrected chi connectivity index (χ4v) is 2.45. The van der Waals surface area contributed by atoms with E-state index in [1.54, 1.807) is 27.7 Å². The highest BCUT2D eigenvalue weighted by molar-refractivity contribution is 7.14. The van der Waals surface area contributed by atoms with Crippen molar-refractivity contribution >= 4 is 40.1 Å². The van der Waals surface area contributed by atoms with Crippen molar-refractivity contribution < 1.29 is 33.8 Å². The molecule has 2 amide bonds. The van der Waals surface area contributed by atoms with Crippen LogP contribution in [0.25, 0.3) is 0 Å². The maximum absolute atomic E-state index is 12.3. The predicted molar refractivity (Wildman–Crippen MR) is 101 cm³/mol. The van der Waals surface area contributed by atoms with Gasteiger partial charge in [0.15, 0.2) is 5.13 Å². The number of esters is 1. The van der Waals surface area contributed by atoms with Gasteiger partial charge in [0.05, 0.1) is 13.2 Å². The third-order valence-corrected chi connectivity index (χ3v) is 3.58.